The van der Waals surface area contributed by atoms with Crippen LogP contribution in [0.3, 0.4) is 0 Å². The highest BCUT2D eigenvalue weighted by atomic mass is 34.1. The summed E-state index contributed by atoms with van der Waals surface area (Å²) in [7, 11) is 1.77. The lowest BCUT2D eigenvalue weighted by Gasteiger charge is -2.19. The van der Waals surface area contributed by atoms with Gasteiger partial charge >= 0.3 is 0 Å². The molecule has 0 unspecified atom stereocenters. The van der Waals surface area contributed by atoms with Crippen LogP contribution in [0.5, 0.6) is 0 Å². The van der Waals surface area contributed by atoms with Gasteiger partial charge in [-0.3, -0.25) is 0 Å². The van der Waals surface area contributed by atoms with Gasteiger partial charge in [0.2, 0.25) is 0 Å². The Morgan fingerprint density at radius 3 is 2.00 bits per heavy atom. The first-order valence-electron chi connectivity index (χ1n) is 4.71. The first kappa shape index (κ1) is 14.8. The Morgan fingerprint density at radius 1 is 0.923 bits per heavy atom. The van der Waals surface area contributed by atoms with Crippen LogP contribution in [0.2, 0.25) is 0 Å². The highest BCUT2D eigenvalue weighted by Crippen LogP contribution is 2.71. The molecule has 0 aromatic heterocycles. The van der Waals surface area contributed by atoms with Gasteiger partial charge in [-0.2, -0.15) is 0 Å². The standard InChI is InChI=1S/C8H20S5/c1-2-3-4-5-6-7-8-12-13(9,10)11/h9-11H,2-8H2,1H3. The van der Waals surface area contributed by atoms with Crippen LogP contribution in [0, 0.1) is 0 Å². The Bertz CT molecular complexity index is 110. The number of rotatable bonds is 8. The minimum atomic E-state index is -1.22. The van der Waals surface area contributed by atoms with Gasteiger partial charge in [-0.15, -0.1) is 35.0 Å². The quantitative estimate of drug-likeness (QED) is 0.306. The lowest BCUT2D eigenvalue weighted by atomic mass is 10.1. The van der Waals surface area contributed by atoms with Crippen molar-refractivity contribution in [1.29, 1.82) is 0 Å². The molecular weight excluding hydrogens is 256 g/mol. The molecule has 0 saturated carbocycles. The van der Waals surface area contributed by atoms with E-state index >= 15 is 0 Å². The maximum absolute atomic E-state index is 4.29. The Hall–Kier alpha value is 1.75. The third-order valence-electron chi connectivity index (χ3n) is 1.74. The normalized spacial score (nSPS) is 13.2. The topological polar surface area (TPSA) is 0 Å². The summed E-state index contributed by atoms with van der Waals surface area (Å²) in [4.78, 5) is 0. The zero-order valence-corrected chi connectivity index (χ0v) is 12.4. The third kappa shape index (κ3) is 13.8. The summed E-state index contributed by atoms with van der Waals surface area (Å²) in [6.07, 6.45) is 6.88. The fraction of sp³-hybridized carbons (Fsp3) is 1.00. The second kappa shape index (κ2) is 9.01. The van der Waals surface area contributed by atoms with Gasteiger partial charge in [-0.1, -0.05) is 56.0 Å². The summed E-state index contributed by atoms with van der Waals surface area (Å²) in [5.41, 5.74) is 0. The molecule has 5 heteroatoms. The first-order valence-corrected chi connectivity index (χ1v) is 11.0. The van der Waals surface area contributed by atoms with E-state index < -0.39 is 6.16 Å². The van der Waals surface area contributed by atoms with Gasteiger partial charge in [-0.25, -0.2) is 0 Å². The molecule has 0 bridgehead atoms. The molecule has 0 aliphatic rings. The molecule has 0 saturated heterocycles. The van der Waals surface area contributed by atoms with Gasteiger partial charge in [-0.05, 0) is 6.42 Å². The minimum absolute atomic E-state index is 1.15. The SMILES string of the molecule is CCCCCCCCSS(S)(S)S. The van der Waals surface area contributed by atoms with Gasteiger partial charge in [0, 0.05) is 5.75 Å². The summed E-state index contributed by atoms with van der Waals surface area (Å²) in [5.74, 6) is 1.15. The lowest BCUT2D eigenvalue weighted by molar-refractivity contribution is 0.627. The molecule has 0 aromatic carbocycles. The number of thiol groups is 3. The highest BCUT2D eigenvalue weighted by molar-refractivity contribution is 9.61. The van der Waals surface area contributed by atoms with E-state index in [1.165, 1.54) is 38.5 Å². The zero-order chi connectivity index (χ0) is 10.2. The van der Waals surface area contributed by atoms with Crippen molar-refractivity contribution in [2.24, 2.45) is 0 Å². The Morgan fingerprint density at radius 2 is 1.46 bits per heavy atom. The second-order valence-electron chi connectivity index (χ2n) is 3.06. The van der Waals surface area contributed by atoms with E-state index in [1.807, 2.05) is 0 Å². The fourth-order valence-corrected chi connectivity index (χ4v) is 4.64. The molecule has 0 aliphatic heterocycles. The largest absolute Gasteiger partial charge is 0.102 e. The molecule has 0 heterocycles. The molecular formula is C8H20S5. The Labute approximate surface area is 103 Å². The number of hydrogen-bond donors (Lipinski definition) is 3. The van der Waals surface area contributed by atoms with Crippen molar-refractivity contribution in [3.8, 4) is 0 Å². The van der Waals surface area contributed by atoms with Crippen LogP contribution in [-0.2, 0) is 0 Å². The minimum Gasteiger partial charge on any atom is -0.102 e. The van der Waals surface area contributed by atoms with Crippen molar-refractivity contribution in [2.75, 3.05) is 5.75 Å². The highest BCUT2D eigenvalue weighted by Gasteiger charge is 2.06. The summed E-state index contributed by atoms with van der Waals surface area (Å²) >= 11 is 12.9. The molecule has 0 rings (SSSR count). The van der Waals surface area contributed by atoms with Crippen molar-refractivity contribution in [3.63, 3.8) is 0 Å². The maximum atomic E-state index is 4.29. The van der Waals surface area contributed by atoms with Crippen molar-refractivity contribution >= 4 is 51.9 Å². The maximum Gasteiger partial charge on any atom is 0.00443 e. The van der Waals surface area contributed by atoms with E-state index in [-0.39, 0.29) is 0 Å². The van der Waals surface area contributed by atoms with Crippen LogP contribution in [0.4, 0.5) is 0 Å². The molecule has 13 heavy (non-hydrogen) atoms. The molecule has 0 fully saturated rings. The molecule has 0 nitrogen and oxygen atoms in total. The Balaban J connectivity index is 3.00. The molecule has 0 N–H and O–H groups in total. The summed E-state index contributed by atoms with van der Waals surface area (Å²) in [6, 6.07) is 0. The van der Waals surface area contributed by atoms with Crippen LogP contribution in [0.25, 0.3) is 0 Å². The fourth-order valence-electron chi connectivity index (χ4n) is 1.05. The van der Waals surface area contributed by atoms with Crippen molar-refractivity contribution in [2.45, 2.75) is 45.4 Å². The van der Waals surface area contributed by atoms with E-state index in [1.54, 1.807) is 10.8 Å². The summed E-state index contributed by atoms with van der Waals surface area (Å²) < 4.78 is 0. The molecule has 0 atom stereocenters. The smallest absolute Gasteiger partial charge is 0.00443 e. The molecule has 0 aliphatic carbocycles. The second-order valence-corrected chi connectivity index (χ2v) is 16.6. The van der Waals surface area contributed by atoms with E-state index in [4.69, 9.17) is 0 Å². The van der Waals surface area contributed by atoms with Crippen LogP contribution >= 0.6 is 51.9 Å². The van der Waals surface area contributed by atoms with E-state index in [2.05, 4.69) is 41.9 Å². The lowest BCUT2D eigenvalue weighted by Crippen LogP contribution is -1.81. The van der Waals surface area contributed by atoms with Crippen LogP contribution in [-0.4, -0.2) is 5.75 Å². The monoisotopic (exact) mass is 276 g/mol. The average Bonchev–Trinajstić information content (AvgIpc) is 2.01. The van der Waals surface area contributed by atoms with Gasteiger partial charge in [0.05, 0.1) is 0 Å². The Kier molecular flexibility index (Phi) is 10.2. The van der Waals surface area contributed by atoms with Crippen molar-refractivity contribution in [1.82, 2.24) is 0 Å². The number of hydrogen-bond acceptors (Lipinski definition) is 4. The first-order chi connectivity index (χ1) is 6.06. The van der Waals surface area contributed by atoms with E-state index in [9.17, 15) is 0 Å². The van der Waals surface area contributed by atoms with Crippen LogP contribution in [0.1, 0.15) is 45.4 Å². The van der Waals surface area contributed by atoms with E-state index in [0.29, 0.717) is 0 Å². The summed E-state index contributed by atoms with van der Waals surface area (Å²) in [6.45, 7) is 2.25. The molecule has 0 aromatic rings. The third-order valence-corrected chi connectivity index (χ3v) is 6.81. The van der Waals surface area contributed by atoms with Gasteiger partial charge < -0.3 is 0 Å². The number of unbranched alkanes of at least 4 members (excludes halogenated alkanes) is 5. The summed E-state index contributed by atoms with van der Waals surface area (Å²) in [5, 5.41) is 0. The van der Waals surface area contributed by atoms with Crippen molar-refractivity contribution < 1.29 is 0 Å². The van der Waals surface area contributed by atoms with Crippen LogP contribution in [0.15, 0.2) is 0 Å². The van der Waals surface area contributed by atoms with Gasteiger partial charge in [0.25, 0.3) is 0 Å². The predicted molar refractivity (Wildman–Crippen MR) is 80.4 cm³/mol. The molecule has 0 radical (unpaired) electrons. The van der Waals surface area contributed by atoms with Crippen LogP contribution < -0.4 is 0 Å². The van der Waals surface area contributed by atoms with Gasteiger partial charge in [0.15, 0.2) is 0 Å². The zero-order valence-electron chi connectivity index (χ0n) is 8.11. The van der Waals surface area contributed by atoms with E-state index in [0.717, 1.165) is 5.75 Å². The predicted octanol–water partition coefficient (Wildman–Crippen LogP) is 5.33. The van der Waals surface area contributed by atoms with Crippen molar-refractivity contribution in [3.05, 3.63) is 0 Å². The average molecular weight is 277 g/mol. The van der Waals surface area contributed by atoms with Gasteiger partial charge in [0.1, 0.15) is 0 Å². The molecule has 82 valence electrons. The molecule has 0 spiro atoms. The molecule has 0 amide bonds.